The van der Waals surface area contributed by atoms with E-state index in [1.807, 2.05) is 12.1 Å². The first-order valence-electron chi connectivity index (χ1n) is 10.4. The molecule has 0 N–H and O–H groups in total. The minimum atomic E-state index is -3.67. The number of nitrogens with zero attached hydrogens (tertiary/aromatic N) is 2. The van der Waals surface area contributed by atoms with Crippen LogP contribution in [0.25, 0.3) is 0 Å². The highest BCUT2D eigenvalue weighted by Gasteiger charge is 2.22. The first kappa shape index (κ1) is 26.7. The zero-order valence-electron chi connectivity index (χ0n) is 18.2. The number of sulfone groups is 1. The lowest BCUT2D eigenvalue weighted by Crippen LogP contribution is -2.48. The Balaban J connectivity index is 0.000000564. The lowest BCUT2D eigenvalue weighted by Gasteiger charge is -2.38. The normalized spacial score (nSPS) is 20.1. The monoisotopic (exact) mass is 452 g/mol. The zero-order valence-corrected chi connectivity index (χ0v) is 19.0. The van der Waals surface area contributed by atoms with Crippen LogP contribution in [0.4, 0.5) is 18.9 Å². The van der Waals surface area contributed by atoms with Crippen LogP contribution in [-0.4, -0.2) is 72.2 Å². The maximum atomic E-state index is 11.7. The molecule has 0 aromatic heterocycles. The minimum Gasteiger partial charge on any atom is -0.381 e. The number of ether oxygens (including phenoxy) is 1. The molecule has 0 spiro atoms. The Morgan fingerprint density at radius 3 is 2.23 bits per heavy atom. The second kappa shape index (κ2) is 13.9. The SMILES string of the molecule is CCC.CS(=O)(=O)c1cccc(N2CCN(CC3CCCOC3)CC2)c1.FC(F)F. The smallest absolute Gasteiger partial charge is 0.379 e. The van der Waals surface area contributed by atoms with Crippen LogP contribution in [0.2, 0.25) is 0 Å². The van der Waals surface area contributed by atoms with Crippen LogP contribution < -0.4 is 4.90 Å². The number of piperazine rings is 1. The van der Waals surface area contributed by atoms with Crippen molar-refractivity contribution in [3.8, 4) is 0 Å². The van der Waals surface area contributed by atoms with Crippen LogP contribution in [0.5, 0.6) is 0 Å². The van der Waals surface area contributed by atoms with E-state index in [0.29, 0.717) is 10.8 Å². The van der Waals surface area contributed by atoms with Crippen molar-refractivity contribution in [2.75, 3.05) is 57.1 Å². The van der Waals surface area contributed by atoms with Gasteiger partial charge in [-0.05, 0) is 37.0 Å². The molecular weight excluding hydrogens is 417 g/mol. The van der Waals surface area contributed by atoms with E-state index < -0.39 is 16.5 Å². The molecule has 0 saturated carbocycles. The summed E-state index contributed by atoms with van der Waals surface area (Å²) >= 11 is 0. The molecule has 0 amide bonds. The van der Waals surface area contributed by atoms with E-state index in [9.17, 15) is 21.6 Å². The number of benzene rings is 1. The Morgan fingerprint density at radius 2 is 1.73 bits per heavy atom. The molecule has 5 nitrogen and oxygen atoms in total. The number of anilines is 1. The van der Waals surface area contributed by atoms with E-state index >= 15 is 0 Å². The van der Waals surface area contributed by atoms with E-state index in [4.69, 9.17) is 4.74 Å². The Labute approximate surface area is 179 Å². The van der Waals surface area contributed by atoms with Crippen LogP contribution in [0.1, 0.15) is 33.1 Å². The highest BCUT2D eigenvalue weighted by Crippen LogP contribution is 2.22. The third-order valence-corrected chi connectivity index (χ3v) is 5.86. The maximum Gasteiger partial charge on any atom is 0.379 e. The van der Waals surface area contributed by atoms with Crippen LogP contribution in [-0.2, 0) is 14.6 Å². The van der Waals surface area contributed by atoms with Gasteiger partial charge in [-0.15, -0.1) is 0 Å². The molecule has 2 aliphatic heterocycles. The highest BCUT2D eigenvalue weighted by atomic mass is 32.2. The fourth-order valence-corrected chi connectivity index (χ4v) is 4.08. The molecule has 30 heavy (non-hydrogen) atoms. The van der Waals surface area contributed by atoms with Crippen LogP contribution in [0.3, 0.4) is 0 Å². The Hall–Kier alpha value is -1.32. The standard InChI is InChI=1S/C17H26N2O3S.C3H8.CHF3/c1-23(20,21)17-6-2-5-16(12-17)19-9-7-18(8-10-19)13-15-4-3-11-22-14-15;1-3-2;2-1(3)4/h2,5-6,12,15H,3-4,7-11,13-14H2,1H3;3H2,1-2H3;1H. The lowest BCUT2D eigenvalue weighted by atomic mass is 10.0. The van der Waals surface area contributed by atoms with Gasteiger partial charge in [-0.1, -0.05) is 26.3 Å². The molecule has 0 bridgehead atoms. The van der Waals surface area contributed by atoms with Crippen molar-refractivity contribution in [2.24, 2.45) is 5.92 Å². The summed E-state index contributed by atoms with van der Waals surface area (Å²) < 4.78 is 58.0. The van der Waals surface area contributed by atoms with Gasteiger partial charge in [0.15, 0.2) is 9.84 Å². The molecule has 1 aromatic rings. The number of hydrogen-bond donors (Lipinski definition) is 0. The van der Waals surface area contributed by atoms with Crippen LogP contribution in [0, 0.1) is 5.92 Å². The Bertz CT molecular complexity index is 688. The van der Waals surface area contributed by atoms with Gasteiger partial charge in [0.05, 0.1) is 11.5 Å². The highest BCUT2D eigenvalue weighted by molar-refractivity contribution is 7.90. The van der Waals surface area contributed by atoms with E-state index in [-0.39, 0.29) is 0 Å². The quantitative estimate of drug-likeness (QED) is 0.684. The number of alkyl halides is 3. The summed E-state index contributed by atoms with van der Waals surface area (Å²) in [6, 6.07) is 7.29. The van der Waals surface area contributed by atoms with Gasteiger partial charge in [0.2, 0.25) is 0 Å². The number of hydrogen-bond acceptors (Lipinski definition) is 5. The minimum absolute atomic E-state index is 0.400. The van der Waals surface area contributed by atoms with Gasteiger partial charge < -0.3 is 9.64 Å². The van der Waals surface area contributed by atoms with Crippen molar-refractivity contribution in [3.05, 3.63) is 24.3 Å². The van der Waals surface area contributed by atoms with Gasteiger partial charge >= 0.3 is 6.68 Å². The second-order valence-electron chi connectivity index (χ2n) is 7.59. The molecule has 0 aliphatic carbocycles. The van der Waals surface area contributed by atoms with Gasteiger partial charge in [-0.3, -0.25) is 4.90 Å². The molecule has 1 aromatic carbocycles. The predicted octanol–water partition coefficient (Wildman–Crippen LogP) is 4.23. The van der Waals surface area contributed by atoms with E-state index in [1.54, 1.807) is 12.1 Å². The topological polar surface area (TPSA) is 49.9 Å². The predicted molar refractivity (Wildman–Crippen MR) is 115 cm³/mol. The fraction of sp³-hybridized carbons (Fsp3) is 0.714. The molecular formula is C21H35F3N2O3S. The molecule has 3 rings (SSSR count). The molecule has 2 heterocycles. The molecule has 2 aliphatic rings. The van der Waals surface area contributed by atoms with Crippen LogP contribution >= 0.6 is 0 Å². The fourth-order valence-electron chi connectivity index (χ4n) is 3.42. The Kier molecular flexibility index (Phi) is 12.4. The average Bonchev–Trinajstić information content (AvgIpc) is 2.69. The largest absolute Gasteiger partial charge is 0.381 e. The molecule has 0 radical (unpaired) electrons. The van der Waals surface area contributed by atoms with Crippen molar-refractivity contribution in [3.63, 3.8) is 0 Å². The summed E-state index contributed by atoms with van der Waals surface area (Å²) in [5.41, 5.74) is 1.01. The van der Waals surface area contributed by atoms with Crippen LogP contribution in [0.15, 0.2) is 29.2 Å². The summed E-state index contributed by atoms with van der Waals surface area (Å²) in [5, 5.41) is 0. The van der Waals surface area contributed by atoms with Crippen molar-refractivity contribution in [2.45, 2.75) is 44.7 Å². The van der Waals surface area contributed by atoms with E-state index in [1.165, 1.54) is 25.5 Å². The second-order valence-corrected chi connectivity index (χ2v) is 9.61. The molecule has 1 atom stereocenters. The van der Waals surface area contributed by atoms with E-state index in [0.717, 1.165) is 51.6 Å². The third-order valence-electron chi connectivity index (χ3n) is 4.75. The van der Waals surface area contributed by atoms with Crippen molar-refractivity contribution < 1.29 is 26.3 Å². The zero-order chi connectivity index (χ0) is 22.6. The summed E-state index contributed by atoms with van der Waals surface area (Å²) in [6.07, 6.45) is 4.97. The van der Waals surface area contributed by atoms with Gasteiger partial charge in [-0.2, -0.15) is 13.2 Å². The molecule has 2 saturated heterocycles. The summed E-state index contributed by atoms with van der Waals surface area (Å²) in [7, 11) is -3.14. The summed E-state index contributed by atoms with van der Waals surface area (Å²) in [4.78, 5) is 5.19. The number of halogens is 3. The maximum absolute atomic E-state index is 11.7. The van der Waals surface area contributed by atoms with Gasteiger partial charge in [0.25, 0.3) is 0 Å². The lowest BCUT2D eigenvalue weighted by molar-refractivity contribution is 0.00819. The third kappa shape index (κ3) is 10.6. The summed E-state index contributed by atoms with van der Waals surface area (Å²) in [6.45, 7) is 7.47. The van der Waals surface area contributed by atoms with Gasteiger partial charge in [0, 0.05) is 51.3 Å². The number of rotatable bonds is 4. The molecule has 174 valence electrons. The molecule has 2 fully saturated rings. The van der Waals surface area contributed by atoms with Crippen molar-refractivity contribution >= 4 is 15.5 Å². The molecule has 1 unspecified atom stereocenters. The molecule has 9 heteroatoms. The van der Waals surface area contributed by atoms with E-state index in [2.05, 4.69) is 23.6 Å². The average molecular weight is 453 g/mol. The summed E-state index contributed by atoms with van der Waals surface area (Å²) in [5.74, 6) is 0.670. The van der Waals surface area contributed by atoms with Crippen molar-refractivity contribution in [1.29, 1.82) is 0 Å². The van der Waals surface area contributed by atoms with Gasteiger partial charge in [0.1, 0.15) is 0 Å². The Morgan fingerprint density at radius 1 is 1.13 bits per heavy atom. The first-order valence-corrected chi connectivity index (χ1v) is 12.3. The van der Waals surface area contributed by atoms with Gasteiger partial charge in [-0.25, -0.2) is 8.42 Å². The van der Waals surface area contributed by atoms with Crippen molar-refractivity contribution in [1.82, 2.24) is 4.90 Å². The first-order chi connectivity index (χ1) is 14.2.